The molecule has 0 N–H and O–H groups in total. The lowest BCUT2D eigenvalue weighted by Crippen LogP contribution is -2.39. The molecule has 0 saturated carbocycles. The summed E-state index contributed by atoms with van der Waals surface area (Å²) in [5.41, 5.74) is -0.768. The van der Waals surface area contributed by atoms with Gasteiger partial charge in [-0.3, -0.25) is 14.5 Å². The fourth-order valence-corrected chi connectivity index (χ4v) is 3.16. The van der Waals surface area contributed by atoms with Crippen molar-refractivity contribution in [3.8, 4) is 0 Å². The predicted octanol–water partition coefficient (Wildman–Crippen LogP) is 3.36. The first-order chi connectivity index (χ1) is 14.5. The average molecular weight is 443 g/mol. The number of carbonyl (C=O) groups is 2. The summed E-state index contributed by atoms with van der Waals surface area (Å²) in [6.45, 7) is 20.1. The standard InChI is InChI=1S/C13H25NO2.C11H21NO3/c1-13(2,3)12(15)16-11-7-10-14-8-5-4-6-9-14;1-11(2,3)10(13)15-9-6-12-4-7-14-8-5-12/h4-11H2,1-3H3;4-9H2,1-3H3. The third-order valence-corrected chi connectivity index (χ3v) is 5.27. The molecule has 7 heteroatoms. The first-order valence-electron chi connectivity index (χ1n) is 11.9. The quantitative estimate of drug-likeness (QED) is 0.442. The van der Waals surface area contributed by atoms with Crippen LogP contribution >= 0.6 is 0 Å². The number of hydrogen-bond donors (Lipinski definition) is 0. The van der Waals surface area contributed by atoms with Crippen LogP contribution in [0.3, 0.4) is 0 Å². The van der Waals surface area contributed by atoms with E-state index in [1.54, 1.807) is 0 Å². The van der Waals surface area contributed by atoms with Crippen LogP contribution in [0.15, 0.2) is 0 Å². The lowest BCUT2D eigenvalue weighted by atomic mass is 9.97. The van der Waals surface area contributed by atoms with E-state index in [2.05, 4.69) is 9.80 Å². The Morgan fingerprint density at radius 2 is 1.19 bits per heavy atom. The summed E-state index contributed by atoms with van der Waals surface area (Å²) in [6.07, 6.45) is 4.97. The van der Waals surface area contributed by atoms with Crippen LogP contribution in [0.1, 0.15) is 67.2 Å². The van der Waals surface area contributed by atoms with E-state index in [0.29, 0.717) is 13.2 Å². The molecule has 0 atom stereocenters. The van der Waals surface area contributed by atoms with Gasteiger partial charge in [0.15, 0.2) is 0 Å². The molecular formula is C24H46N2O5. The summed E-state index contributed by atoms with van der Waals surface area (Å²) in [4.78, 5) is 27.6. The van der Waals surface area contributed by atoms with Crippen molar-refractivity contribution in [3.05, 3.63) is 0 Å². The summed E-state index contributed by atoms with van der Waals surface area (Å²) in [5, 5.41) is 0. The van der Waals surface area contributed by atoms with Gasteiger partial charge in [-0.2, -0.15) is 0 Å². The fraction of sp³-hybridized carbons (Fsp3) is 0.917. The third-order valence-electron chi connectivity index (χ3n) is 5.27. The van der Waals surface area contributed by atoms with Crippen LogP contribution in [0, 0.1) is 10.8 Å². The van der Waals surface area contributed by atoms with E-state index >= 15 is 0 Å². The second kappa shape index (κ2) is 14.1. The van der Waals surface area contributed by atoms with Crippen molar-refractivity contribution >= 4 is 11.9 Å². The van der Waals surface area contributed by atoms with Crippen molar-refractivity contribution in [2.24, 2.45) is 10.8 Å². The molecule has 0 aromatic rings. The molecule has 0 aliphatic carbocycles. The van der Waals surface area contributed by atoms with Gasteiger partial charge < -0.3 is 19.1 Å². The van der Waals surface area contributed by atoms with Gasteiger partial charge >= 0.3 is 11.9 Å². The molecule has 2 fully saturated rings. The van der Waals surface area contributed by atoms with E-state index in [1.807, 2.05) is 41.5 Å². The Labute approximate surface area is 189 Å². The number of piperidine rings is 1. The number of ether oxygens (including phenoxy) is 3. The summed E-state index contributed by atoms with van der Waals surface area (Å²) < 4.78 is 15.7. The zero-order valence-electron chi connectivity index (χ0n) is 20.8. The molecule has 0 unspecified atom stereocenters. The summed E-state index contributed by atoms with van der Waals surface area (Å²) >= 11 is 0. The summed E-state index contributed by atoms with van der Waals surface area (Å²) in [6, 6.07) is 0. The molecule has 0 spiro atoms. The molecule has 0 bridgehead atoms. The van der Waals surface area contributed by atoms with E-state index < -0.39 is 5.41 Å². The number of nitrogens with zero attached hydrogens (tertiary/aromatic N) is 2. The van der Waals surface area contributed by atoms with E-state index in [9.17, 15) is 9.59 Å². The first kappa shape index (κ1) is 27.9. The number of esters is 2. The van der Waals surface area contributed by atoms with Crippen molar-refractivity contribution in [3.63, 3.8) is 0 Å². The predicted molar refractivity (Wildman–Crippen MR) is 123 cm³/mol. The van der Waals surface area contributed by atoms with Crippen molar-refractivity contribution in [1.82, 2.24) is 9.80 Å². The van der Waals surface area contributed by atoms with Gasteiger partial charge in [0, 0.05) is 26.2 Å². The van der Waals surface area contributed by atoms with Crippen LogP contribution in [0.4, 0.5) is 0 Å². The molecule has 0 aromatic heterocycles. The van der Waals surface area contributed by atoms with Crippen LogP contribution in [-0.4, -0.2) is 87.4 Å². The Morgan fingerprint density at radius 3 is 1.71 bits per heavy atom. The van der Waals surface area contributed by atoms with Crippen molar-refractivity contribution < 1.29 is 23.8 Å². The van der Waals surface area contributed by atoms with Crippen molar-refractivity contribution in [1.29, 1.82) is 0 Å². The zero-order chi connectivity index (χ0) is 23.3. The maximum atomic E-state index is 11.5. The highest BCUT2D eigenvalue weighted by Gasteiger charge is 2.23. The Bertz CT molecular complexity index is 513. The Hall–Kier alpha value is -1.18. The highest BCUT2D eigenvalue weighted by molar-refractivity contribution is 5.75. The molecular weight excluding hydrogens is 396 g/mol. The molecule has 2 aliphatic heterocycles. The molecule has 7 nitrogen and oxygen atoms in total. The Kier molecular flexibility index (Phi) is 12.6. The number of rotatable bonds is 7. The minimum absolute atomic E-state index is 0.0915. The van der Waals surface area contributed by atoms with Crippen LogP contribution < -0.4 is 0 Å². The largest absolute Gasteiger partial charge is 0.465 e. The molecule has 0 radical (unpaired) electrons. The molecule has 2 heterocycles. The Morgan fingerprint density at radius 1 is 0.710 bits per heavy atom. The van der Waals surface area contributed by atoms with Crippen molar-refractivity contribution in [2.75, 3.05) is 65.7 Å². The zero-order valence-corrected chi connectivity index (χ0v) is 20.8. The van der Waals surface area contributed by atoms with Gasteiger partial charge in [-0.25, -0.2) is 0 Å². The number of likely N-dealkylation sites (tertiary alicyclic amines) is 1. The highest BCUT2D eigenvalue weighted by atomic mass is 16.5. The Balaban J connectivity index is 0.000000311. The van der Waals surface area contributed by atoms with E-state index in [-0.39, 0.29) is 17.4 Å². The average Bonchev–Trinajstić information content (AvgIpc) is 2.71. The maximum absolute atomic E-state index is 11.5. The van der Waals surface area contributed by atoms with Gasteiger partial charge in [0.05, 0.1) is 30.7 Å². The third kappa shape index (κ3) is 13.1. The first-order valence-corrected chi connectivity index (χ1v) is 11.9. The highest BCUT2D eigenvalue weighted by Crippen LogP contribution is 2.16. The summed E-state index contributed by atoms with van der Waals surface area (Å²) in [7, 11) is 0. The molecule has 0 aromatic carbocycles. The topological polar surface area (TPSA) is 68.3 Å². The van der Waals surface area contributed by atoms with Gasteiger partial charge in [-0.15, -0.1) is 0 Å². The molecule has 2 aliphatic rings. The number of morpholine rings is 1. The van der Waals surface area contributed by atoms with Crippen LogP contribution in [-0.2, 0) is 23.8 Å². The molecule has 0 amide bonds. The second-order valence-electron chi connectivity index (χ2n) is 10.5. The van der Waals surface area contributed by atoms with Crippen LogP contribution in [0.25, 0.3) is 0 Å². The van der Waals surface area contributed by atoms with E-state index in [4.69, 9.17) is 14.2 Å². The van der Waals surface area contributed by atoms with Crippen molar-refractivity contribution in [2.45, 2.75) is 67.2 Å². The SMILES string of the molecule is CC(C)(C)C(=O)OCCCN1CCCCC1.CC(C)(C)C(=O)OCCN1CCOCC1. The lowest BCUT2D eigenvalue weighted by molar-refractivity contribution is -0.154. The van der Waals surface area contributed by atoms with Gasteiger partial charge in [0.1, 0.15) is 6.61 Å². The lowest BCUT2D eigenvalue weighted by Gasteiger charge is -2.26. The van der Waals surface area contributed by atoms with Gasteiger partial charge in [0.25, 0.3) is 0 Å². The molecule has 2 rings (SSSR count). The monoisotopic (exact) mass is 442 g/mol. The van der Waals surface area contributed by atoms with Gasteiger partial charge in [-0.1, -0.05) is 6.42 Å². The normalized spacial score (nSPS) is 18.6. The molecule has 182 valence electrons. The fourth-order valence-electron chi connectivity index (χ4n) is 3.16. The van der Waals surface area contributed by atoms with E-state index in [0.717, 1.165) is 45.8 Å². The maximum Gasteiger partial charge on any atom is 0.311 e. The van der Waals surface area contributed by atoms with Crippen LogP contribution in [0.5, 0.6) is 0 Å². The van der Waals surface area contributed by atoms with Crippen LogP contribution in [0.2, 0.25) is 0 Å². The number of carbonyl (C=O) groups excluding carboxylic acids is 2. The van der Waals surface area contributed by atoms with E-state index in [1.165, 1.54) is 32.4 Å². The van der Waals surface area contributed by atoms with Gasteiger partial charge in [-0.05, 0) is 73.9 Å². The second-order valence-corrected chi connectivity index (χ2v) is 10.5. The molecule has 2 saturated heterocycles. The minimum Gasteiger partial charge on any atom is -0.465 e. The number of hydrogen-bond acceptors (Lipinski definition) is 7. The smallest absolute Gasteiger partial charge is 0.311 e. The molecule has 31 heavy (non-hydrogen) atoms. The minimum atomic E-state index is -0.398. The summed E-state index contributed by atoms with van der Waals surface area (Å²) in [5.74, 6) is -0.220. The van der Waals surface area contributed by atoms with Gasteiger partial charge in [0.2, 0.25) is 0 Å².